The van der Waals surface area contributed by atoms with Crippen molar-refractivity contribution in [1.82, 2.24) is 5.32 Å². The van der Waals surface area contributed by atoms with Crippen molar-refractivity contribution < 1.29 is 13.2 Å². The van der Waals surface area contributed by atoms with Crippen molar-refractivity contribution in [2.75, 3.05) is 0 Å². The third kappa shape index (κ3) is 2.54. The van der Waals surface area contributed by atoms with Crippen LogP contribution >= 0.6 is 0 Å². The Kier molecular flexibility index (Phi) is 3.34. The summed E-state index contributed by atoms with van der Waals surface area (Å²) in [7, 11) is 0. The van der Waals surface area contributed by atoms with Crippen LogP contribution in [0.2, 0.25) is 0 Å². The van der Waals surface area contributed by atoms with Crippen LogP contribution in [0, 0.1) is 11.6 Å². The highest BCUT2D eigenvalue weighted by Gasteiger charge is 2.22. The quantitative estimate of drug-likeness (QED) is 0.912. The Hall–Kier alpha value is -1.68. The minimum Gasteiger partial charge on any atom is -0.469 e. The molecule has 1 heterocycles. The normalized spacial score (nSPS) is 18.3. The van der Waals surface area contributed by atoms with Gasteiger partial charge in [-0.3, -0.25) is 0 Å². The molecule has 100 valence electrons. The number of benzene rings is 1. The molecule has 2 aromatic rings. The molecular formula is C15H15F2NO. The molecule has 1 aliphatic carbocycles. The number of furan rings is 1. The van der Waals surface area contributed by atoms with Crippen LogP contribution in [0.25, 0.3) is 0 Å². The lowest BCUT2D eigenvalue weighted by Gasteiger charge is -2.23. The average molecular weight is 263 g/mol. The fourth-order valence-corrected chi connectivity index (χ4v) is 2.60. The Balaban J connectivity index is 1.71. The zero-order chi connectivity index (χ0) is 13.2. The summed E-state index contributed by atoms with van der Waals surface area (Å²) in [6.07, 6.45) is 4.73. The molecule has 1 aliphatic rings. The molecule has 1 atom stereocenters. The number of hydrogen-bond acceptors (Lipinski definition) is 2. The van der Waals surface area contributed by atoms with E-state index in [9.17, 15) is 8.78 Å². The highest BCUT2D eigenvalue weighted by molar-refractivity contribution is 5.25. The third-order valence-electron chi connectivity index (χ3n) is 3.61. The molecule has 1 aromatic carbocycles. The molecule has 0 radical (unpaired) electrons. The molecule has 0 aliphatic heterocycles. The van der Waals surface area contributed by atoms with E-state index in [0.717, 1.165) is 36.7 Å². The Morgan fingerprint density at radius 1 is 1.26 bits per heavy atom. The van der Waals surface area contributed by atoms with Gasteiger partial charge >= 0.3 is 0 Å². The zero-order valence-corrected chi connectivity index (χ0v) is 10.5. The van der Waals surface area contributed by atoms with Crippen molar-refractivity contribution in [1.29, 1.82) is 0 Å². The van der Waals surface area contributed by atoms with Crippen molar-refractivity contribution in [3.05, 3.63) is 59.1 Å². The van der Waals surface area contributed by atoms with Crippen LogP contribution in [-0.4, -0.2) is 0 Å². The number of fused-ring (bicyclic) bond motifs is 1. The maximum absolute atomic E-state index is 13.5. The van der Waals surface area contributed by atoms with Gasteiger partial charge in [-0.25, -0.2) is 8.78 Å². The zero-order valence-electron chi connectivity index (χ0n) is 10.5. The first kappa shape index (κ1) is 12.4. The van der Waals surface area contributed by atoms with Gasteiger partial charge in [0, 0.05) is 36.2 Å². The molecule has 1 unspecified atom stereocenters. The fraction of sp³-hybridized carbons (Fsp3) is 0.333. The van der Waals surface area contributed by atoms with Gasteiger partial charge in [-0.15, -0.1) is 0 Å². The van der Waals surface area contributed by atoms with Crippen molar-refractivity contribution >= 4 is 0 Å². The predicted molar refractivity (Wildman–Crippen MR) is 67.6 cm³/mol. The van der Waals surface area contributed by atoms with Crippen molar-refractivity contribution in [3.63, 3.8) is 0 Å². The molecule has 0 bridgehead atoms. The van der Waals surface area contributed by atoms with Crippen LogP contribution in [0.4, 0.5) is 8.78 Å². The van der Waals surface area contributed by atoms with Gasteiger partial charge in [-0.05, 0) is 25.0 Å². The SMILES string of the molecule is Fc1ccc(CNC2CCCc3occc32)c(F)c1. The third-order valence-corrected chi connectivity index (χ3v) is 3.61. The molecule has 0 saturated heterocycles. The van der Waals surface area contributed by atoms with Crippen LogP contribution in [0.1, 0.15) is 35.8 Å². The minimum absolute atomic E-state index is 0.187. The first-order valence-electron chi connectivity index (χ1n) is 6.47. The van der Waals surface area contributed by atoms with Gasteiger partial charge in [-0.2, -0.15) is 0 Å². The first-order chi connectivity index (χ1) is 9.24. The predicted octanol–water partition coefficient (Wildman–Crippen LogP) is 3.73. The molecule has 0 spiro atoms. The van der Waals surface area contributed by atoms with Gasteiger partial charge in [0.15, 0.2) is 0 Å². The van der Waals surface area contributed by atoms with Gasteiger partial charge in [0.1, 0.15) is 17.4 Å². The van der Waals surface area contributed by atoms with Gasteiger partial charge < -0.3 is 9.73 Å². The Bertz CT molecular complexity index is 579. The Morgan fingerprint density at radius 3 is 3.00 bits per heavy atom. The van der Waals surface area contributed by atoms with Crippen LogP contribution < -0.4 is 5.32 Å². The standard InChI is InChI=1S/C15H15F2NO/c16-11-5-4-10(13(17)8-11)9-18-14-2-1-3-15-12(14)6-7-19-15/h4-8,14,18H,1-3,9H2. The number of hydrogen-bond donors (Lipinski definition) is 1. The largest absolute Gasteiger partial charge is 0.469 e. The lowest BCUT2D eigenvalue weighted by Crippen LogP contribution is -2.24. The number of nitrogens with one attached hydrogen (secondary N) is 1. The number of rotatable bonds is 3. The summed E-state index contributed by atoms with van der Waals surface area (Å²) >= 11 is 0. The molecule has 0 amide bonds. The van der Waals surface area contributed by atoms with E-state index in [1.165, 1.54) is 12.1 Å². The van der Waals surface area contributed by atoms with Crippen LogP contribution in [0.5, 0.6) is 0 Å². The fourth-order valence-electron chi connectivity index (χ4n) is 2.60. The van der Waals surface area contributed by atoms with E-state index in [0.29, 0.717) is 12.1 Å². The summed E-state index contributed by atoms with van der Waals surface area (Å²) < 4.78 is 31.8. The molecule has 1 N–H and O–H groups in total. The van der Waals surface area contributed by atoms with E-state index < -0.39 is 11.6 Å². The van der Waals surface area contributed by atoms with Gasteiger partial charge in [-0.1, -0.05) is 6.07 Å². The molecule has 0 saturated carbocycles. The highest BCUT2D eigenvalue weighted by Crippen LogP contribution is 2.30. The van der Waals surface area contributed by atoms with E-state index in [4.69, 9.17) is 4.42 Å². The second-order valence-electron chi connectivity index (χ2n) is 4.86. The molecule has 19 heavy (non-hydrogen) atoms. The topological polar surface area (TPSA) is 25.2 Å². The molecule has 4 heteroatoms. The van der Waals surface area contributed by atoms with Crippen molar-refractivity contribution in [2.45, 2.75) is 31.8 Å². The monoisotopic (exact) mass is 263 g/mol. The van der Waals surface area contributed by atoms with Crippen LogP contribution in [-0.2, 0) is 13.0 Å². The Morgan fingerprint density at radius 2 is 2.16 bits per heavy atom. The Labute approximate surface area is 110 Å². The van der Waals surface area contributed by atoms with Crippen molar-refractivity contribution in [2.24, 2.45) is 0 Å². The maximum Gasteiger partial charge on any atom is 0.130 e. The van der Waals surface area contributed by atoms with Gasteiger partial charge in [0.25, 0.3) is 0 Å². The van der Waals surface area contributed by atoms with Crippen molar-refractivity contribution in [3.8, 4) is 0 Å². The molecule has 1 aromatic heterocycles. The van der Waals surface area contributed by atoms with E-state index in [1.807, 2.05) is 6.07 Å². The molecular weight excluding hydrogens is 248 g/mol. The molecule has 2 nitrogen and oxygen atoms in total. The second kappa shape index (κ2) is 5.13. The summed E-state index contributed by atoms with van der Waals surface area (Å²) in [5.41, 5.74) is 1.64. The van der Waals surface area contributed by atoms with Crippen LogP contribution in [0.15, 0.2) is 34.9 Å². The molecule has 0 fully saturated rings. The van der Waals surface area contributed by atoms with Crippen LogP contribution in [0.3, 0.4) is 0 Å². The maximum atomic E-state index is 13.5. The van der Waals surface area contributed by atoms with E-state index >= 15 is 0 Å². The minimum atomic E-state index is -0.545. The summed E-state index contributed by atoms with van der Waals surface area (Å²) in [5.74, 6) is -0.0323. The highest BCUT2D eigenvalue weighted by atomic mass is 19.1. The lowest BCUT2D eigenvalue weighted by molar-refractivity contribution is 0.408. The second-order valence-corrected chi connectivity index (χ2v) is 4.86. The number of halogens is 2. The molecule has 3 rings (SSSR count). The summed E-state index contributed by atoms with van der Waals surface area (Å²) in [6, 6.07) is 5.84. The number of aryl methyl sites for hydroxylation is 1. The first-order valence-corrected chi connectivity index (χ1v) is 6.47. The summed E-state index contributed by atoms with van der Waals surface area (Å²) in [5, 5.41) is 3.32. The van der Waals surface area contributed by atoms with E-state index in [1.54, 1.807) is 6.26 Å². The summed E-state index contributed by atoms with van der Waals surface area (Å²) in [6.45, 7) is 0.390. The summed E-state index contributed by atoms with van der Waals surface area (Å²) in [4.78, 5) is 0. The van der Waals surface area contributed by atoms with E-state index in [-0.39, 0.29) is 6.04 Å². The lowest BCUT2D eigenvalue weighted by atomic mass is 9.93. The smallest absolute Gasteiger partial charge is 0.130 e. The van der Waals surface area contributed by atoms with E-state index in [2.05, 4.69) is 5.32 Å². The average Bonchev–Trinajstić information content (AvgIpc) is 2.86. The van der Waals surface area contributed by atoms with Gasteiger partial charge in [0.05, 0.1) is 6.26 Å². The van der Waals surface area contributed by atoms with Gasteiger partial charge in [0.2, 0.25) is 0 Å².